The minimum atomic E-state index is 0.464. The molecular formula is C11H20N2. The van der Waals surface area contributed by atoms with Gasteiger partial charge in [-0.3, -0.25) is 0 Å². The molecule has 0 aromatic rings. The first-order valence-electron chi connectivity index (χ1n) is 5.42. The predicted octanol–water partition coefficient (Wildman–Crippen LogP) is 1.60. The number of hydrogen-bond acceptors (Lipinski definition) is 2. The van der Waals surface area contributed by atoms with Crippen LogP contribution in [0.2, 0.25) is 0 Å². The maximum absolute atomic E-state index is 4.15. The van der Waals surface area contributed by atoms with E-state index in [2.05, 4.69) is 23.7 Å². The number of rotatable bonds is 1. The Morgan fingerprint density at radius 3 is 2.54 bits per heavy atom. The van der Waals surface area contributed by atoms with Gasteiger partial charge in [-0.2, -0.15) is 0 Å². The van der Waals surface area contributed by atoms with Crippen LogP contribution in [0.15, 0.2) is 12.3 Å². The first-order chi connectivity index (χ1) is 6.27. The lowest BCUT2D eigenvalue weighted by molar-refractivity contribution is 0.142. The van der Waals surface area contributed by atoms with Gasteiger partial charge in [0.2, 0.25) is 0 Å². The zero-order valence-corrected chi connectivity index (χ0v) is 8.60. The molecule has 2 heterocycles. The molecule has 0 atom stereocenters. The monoisotopic (exact) mass is 180 g/mol. The maximum atomic E-state index is 4.15. The van der Waals surface area contributed by atoms with E-state index in [9.17, 15) is 0 Å². The van der Waals surface area contributed by atoms with Crippen LogP contribution in [0.3, 0.4) is 0 Å². The molecule has 74 valence electrons. The van der Waals surface area contributed by atoms with Crippen LogP contribution in [-0.2, 0) is 0 Å². The molecule has 0 aliphatic carbocycles. The second-order valence-electron chi connectivity index (χ2n) is 4.37. The van der Waals surface area contributed by atoms with Crippen LogP contribution in [0.25, 0.3) is 0 Å². The van der Waals surface area contributed by atoms with E-state index in [0.717, 1.165) is 6.54 Å². The van der Waals surface area contributed by atoms with Gasteiger partial charge in [-0.1, -0.05) is 13.5 Å². The van der Waals surface area contributed by atoms with E-state index in [-0.39, 0.29) is 0 Å². The lowest BCUT2D eigenvalue weighted by Crippen LogP contribution is -2.39. The van der Waals surface area contributed by atoms with Crippen molar-refractivity contribution in [1.29, 1.82) is 0 Å². The highest BCUT2D eigenvalue weighted by Crippen LogP contribution is 2.42. The fourth-order valence-corrected chi connectivity index (χ4v) is 2.64. The number of piperidine rings is 1. The van der Waals surface area contributed by atoms with Gasteiger partial charge >= 0.3 is 0 Å². The highest BCUT2D eigenvalue weighted by molar-refractivity contribution is 5.15. The lowest BCUT2D eigenvalue weighted by Gasteiger charge is -2.39. The quantitative estimate of drug-likeness (QED) is 0.659. The molecule has 1 spiro atoms. The molecule has 0 radical (unpaired) electrons. The normalized spacial score (nSPS) is 27.9. The summed E-state index contributed by atoms with van der Waals surface area (Å²) >= 11 is 0. The summed E-state index contributed by atoms with van der Waals surface area (Å²) in [7, 11) is 0. The Hall–Kier alpha value is -0.500. The van der Waals surface area contributed by atoms with Crippen LogP contribution in [0, 0.1) is 5.41 Å². The van der Waals surface area contributed by atoms with Crippen LogP contribution in [-0.4, -0.2) is 31.1 Å². The van der Waals surface area contributed by atoms with Gasteiger partial charge in [0.15, 0.2) is 0 Å². The van der Waals surface area contributed by atoms with Gasteiger partial charge in [0, 0.05) is 17.7 Å². The van der Waals surface area contributed by atoms with Crippen molar-refractivity contribution in [3.8, 4) is 0 Å². The Kier molecular flexibility index (Phi) is 2.33. The second-order valence-corrected chi connectivity index (χ2v) is 4.37. The zero-order valence-electron chi connectivity index (χ0n) is 8.60. The highest BCUT2D eigenvalue weighted by atomic mass is 15.1. The molecule has 2 aliphatic rings. The number of nitrogens with zero attached hydrogens (tertiary/aromatic N) is 1. The van der Waals surface area contributed by atoms with Crippen molar-refractivity contribution in [2.75, 3.05) is 26.2 Å². The number of likely N-dealkylation sites (tertiary alicyclic amines) is 1. The highest BCUT2D eigenvalue weighted by Gasteiger charge is 2.39. The first-order valence-corrected chi connectivity index (χ1v) is 5.42. The molecule has 13 heavy (non-hydrogen) atoms. The Morgan fingerprint density at radius 1 is 1.38 bits per heavy atom. The van der Waals surface area contributed by atoms with Gasteiger partial charge in [-0.15, -0.1) is 0 Å². The van der Waals surface area contributed by atoms with E-state index < -0.39 is 0 Å². The molecule has 2 saturated heterocycles. The molecule has 2 rings (SSSR count). The standard InChI is InChI=1S/C11H20N2/c1-3-13-8-5-11(6-9-13)4-7-12-10(11)2/h12H,2-9H2,1H3. The summed E-state index contributed by atoms with van der Waals surface area (Å²) in [6, 6.07) is 0. The van der Waals surface area contributed by atoms with Crippen LogP contribution in [0.1, 0.15) is 26.2 Å². The summed E-state index contributed by atoms with van der Waals surface area (Å²) in [6.07, 6.45) is 3.93. The molecule has 2 heteroatoms. The first kappa shape index (κ1) is 9.07. The van der Waals surface area contributed by atoms with E-state index >= 15 is 0 Å². The van der Waals surface area contributed by atoms with Gasteiger partial charge in [0.05, 0.1) is 0 Å². The van der Waals surface area contributed by atoms with Crippen LogP contribution in [0.5, 0.6) is 0 Å². The molecule has 2 fully saturated rings. The molecule has 0 aromatic carbocycles. The smallest absolute Gasteiger partial charge is 0.0153 e. The lowest BCUT2D eigenvalue weighted by atomic mass is 9.76. The number of allylic oxidation sites excluding steroid dienone is 1. The summed E-state index contributed by atoms with van der Waals surface area (Å²) in [5.41, 5.74) is 1.77. The summed E-state index contributed by atoms with van der Waals surface area (Å²) in [4.78, 5) is 2.54. The fraction of sp³-hybridized carbons (Fsp3) is 0.818. The Balaban J connectivity index is 1.99. The zero-order chi connectivity index (χ0) is 9.31. The third-order valence-corrected chi connectivity index (χ3v) is 3.84. The van der Waals surface area contributed by atoms with Gasteiger partial charge in [-0.05, 0) is 38.9 Å². The fourth-order valence-electron chi connectivity index (χ4n) is 2.64. The van der Waals surface area contributed by atoms with Gasteiger partial charge in [0.1, 0.15) is 0 Å². The minimum absolute atomic E-state index is 0.464. The maximum Gasteiger partial charge on any atom is 0.0153 e. The average Bonchev–Trinajstić information content (AvgIpc) is 2.50. The van der Waals surface area contributed by atoms with Crippen molar-refractivity contribution < 1.29 is 0 Å². The summed E-state index contributed by atoms with van der Waals surface area (Å²) in [5.74, 6) is 0. The van der Waals surface area contributed by atoms with Crippen molar-refractivity contribution in [3.63, 3.8) is 0 Å². The van der Waals surface area contributed by atoms with Crippen LogP contribution >= 0.6 is 0 Å². The molecular weight excluding hydrogens is 160 g/mol. The molecule has 2 nitrogen and oxygen atoms in total. The minimum Gasteiger partial charge on any atom is -0.388 e. The summed E-state index contributed by atoms with van der Waals surface area (Å²) < 4.78 is 0. The molecule has 0 bridgehead atoms. The van der Waals surface area contributed by atoms with Gasteiger partial charge in [-0.25, -0.2) is 0 Å². The molecule has 0 unspecified atom stereocenters. The average molecular weight is 180 g/mol. The summed E-state index contributed by atoms with van der Waals surface area (Å²) in [6.45, 7) is 11.3. The molecule has 2 aliphatic heterocycles. The second kappa shape index (κ2) is 3.33. The topological polar surface area (TPSA) is 15.3 Å². The van der Waals surface area contributed by atoms with Crippen LogP contribution in [0.4, 0.5) is 0 Å². The Bertz CT molecular complexity index is 202. The predicted molar refractivity (Wildman–Crippen MR) is 55.5 cm³/mol. The third kappa shape index (κ3) is 1.48. The Labute approximate surface area is 81.0 Å². The van der Waals surface area contributed by atoms with Gasteiger partial charge < -0.3 is 10.2 Å². The number of hydrogen-bond donors (Lipinski definition) is 1. The van der Waals surface area contributed by atoms with Crippen molar-refractivity contribution in [2.24, 2.45) is 5.41 Å². The SMILES string of the molecule is C=C1NCCC12CCN(CC)CC2. The Morgan fingerprint density at radius 2 is 2.08 bits per heavy atom. The largest absolute Gasteiger partial charge is 0.388 e. The van der Waals surface area contributed by atoms with Crippen molar-refractivity contribution >= 4 is 0 Å². The van der Waals surface area contributed by atoms with E-state index in [1.54, 1.807) is 0 Å². The number of nitrogens with one attached hydrogen (secondary N) is 1. The van der Waals surface area contributed by atoms with E-state index in [1.807, 2.05) is 0 Å². The van der Waals surface area contributed by atoms with Crippen molar-refractivity contribution in [2.45, 2.75) is 26.2 Å². The van der Waals surface area contributed by atoms with E-state index in [1.165, 1.54) is 44.6 Å². The molecule has 0 aromatic heterocycles. The third-order valence-electron chi connectivity index (χ3n) is 3.84. The van der Waals surface area contributed by atoms with Crippen molar-refractivity contribution in [3.05, 3.63) is 12.3 Å². The van der Waals surface area contributed by atoms with E-state index in [0.29, 0.717) is 5.41 Å². The summed E-state index contributed by atoms with van der Waals surface area (Å²) in [5, 5.41) is 3.40. The van der Waals surface area contributed by atoms with E-state index in [4.69, 9.17) is 0 Å². The molecule has 1 N–H and O–H groups in total. The van der Waals surface area contributed by atoms with Crippen LogP contribution < -0.4 is 5.32 Å². The molecule has 0 saturated carbocycles. The van der Waals surface area contributed by atoms with Crippen molar-refractivity contribution in [1.82, 2.24) is 10.2 Å². The van der Waals surface area contributed by atoms with Gasteiger partial charge in [0.25, 0.3) is 0 Å². The molecule has 0 amide bonds.